The Morgan fingerprint density at radius 3 is 2.69 bits per heavy atom. The van der Waals surface area contributed by atoms with Crippen molar-refractivity contribution < 1.29 is 0 Å². The van der Waals surface area contributed by atoms with Crippen LogP contribution in [0.4, 0.5) is 0 Å². The van der Waals surface area contributed by atoms with Crippen molar-refractivity contribution >= 4 is 0 Å². The lowest BCUT2D eigenvalue weighted by Gasteiger charge is -2.35. The molecule has 0 bridgehead atoms. The van der Waals surface area contributed by atoms with Crippen LogP contribution >= 0.6 is 0 Å². The Kier molecular flexibility index (Phi) is 3.26. The molecular formula is C14H18N2. The van der Waals surface area contributed by atoms with Crippen LogP contribution in [0.1, 0.15) is 36.0 Å². The SMILES string of the molecule is Cc1cc(C#N)ccc1CN(C)C1CCC1. The molecule has 1 aromatic carbocycles. The Balaban J connectivity index is 2.06. The Bertz CT molecular complexity index is 413. The molecule has 16 heavy (non-hydrogen) atoms. The first-order chi connectivity index (χ1) is 7.70. The summed E-state index contributed by atoms with van der Waals surface area (Å²) in [6, 6.07) is 8.93. The van der Waals surface area contributed by atoms with Gasteiger partial charge in [-0.3, -0.25) is 4.90 Å². The summed E-state index contributed by atoms with van der Waals surface area (Å²) in [5.41, 5.74) is 3.33. The number of rotatable bonds is 3. The standard InChI is InChI=1S/C14H18N2/c1-11-8-12(9-15)6-7-13(11)10-16(2)14-4-3-5-14/h6-8,14H,3-5,10H2,1-2H3. The minimum absolute atomic E-state index is 0.757. The summed E-state index contributed by atoms with van der Waals surface area (Å²) in [7, 11) is 2.20. The first-order valence-corrected chi connectivity index (χ1v) is 5.90. The van der Waals surface area contributed by atoms with Crippen molar-refractivity contribution in [2.75, 3.05) is 7.05 Å². The minimum Gasteiger partial charge on any atom is -0.299 e. The van der Waals surface area contributed by atoms with E-state index in [-0.39, 0.29) is 0 Å². The second-order valence-corrected chi connectivity index (χ2v) is 4.75. The van der Waals surface area contributed by atoms with E-state index in [2.05, 4.69) is 31.0 Å². The quantitative estimate of drug-likeness (QED) is 0.773. The maximum atomic E-state index is 8.81. The van der Waals surface area contributed by atoms with Gasteiger partial charge in [-0.2, -0.15) is 5.26 Å². The molecule has 0 saturated heterocycles. The minimum atomic E-state index is 0.757. The van der Waals surface area contributed by atoms with E-state index in [4.69, 9.17) is 5.26 Å². The molecule has 0 spiro atoms. The second-order valence-electron chi connectivity index (χ2n) is 4.75. The molecule has 1 aliphatic rings. The van der Waals surface area contributed by atoms with Crippen molar-refractivity contribution in [2.45, 2.75) is 38.8 Å². The van der Waals surface area contributed by atoms with Crippen LogP contribution in [0.5, 0.6) is 0 Å². The van der Waals surface area contributed by atoms with Gasteiger partial charge in [-0.1, -0.05) is 12.5 Å². The molecule has 0 amide bonds. The average molecular weight is 214 g/mol. The van der Waals surface area contributed by atoms with Crippen molar-refractivity contribution in [3.63, 3.8) is 0 Å². The molecule has 2 nitrogen and oxygen atoms in total. The number of nitriles is 1. The molecule has 0 aliphatic heterocycles. The Morgan fingerprint density at radius 2 is 2.19 bits per heavy atom. The number of benzene rings is 1. The molecule has 1 aliphatic carbocycles. The number of hydrogen-bond donors (Lipinski definition) is 0. The van der Waals surface area contributed by atoms with Crippen LogP contribution in [0.15, 0.2) is 18.2 Å². The van der Waals surface area contributed by atoms with Gasteiger partial charge in [0.05, 0.1) is 11.6 Å². The third-order valence-corrected chi connectivity index (χ3v) is 3.59. The smallest absolute Gasteiger partial charge is 0.0991 e. The molecule has 1 saturated carbocycles. The van der Waals surface area contributed by atoms with Gasteiger partial charge in [0.1, 0.15) is 0 Å². The van der Waals surface area contributed by atoms with Crippen molar-refractivity contribution in [1.82, 2.24) is 4.90 Å². The number of aryl methyl sites for hydroxylation is 1. The van der Waals surface area contributed by atoms with Gasteiger partial charge >= 0.3 is 0 Å². The molecule has 0 heterocycles. The van der Waals surface area contributed by atoms with Crippen molar-refractivity contribution in [2.24, 2.45) is 0 Å². The van der Waals surface area contributed by atoms with E-state index >= 15 is 0 Å². The van der Waals surface area contributed by atoms with Crippen LogP contribution in [0.3, 0.4) is 0 Å². The van der Waals surface area contributed by atoms with Gasteiger partial charge in [-0.15, -0.1) is 0 Å². The van der Waals surface area contributed by atoms with Gasteiger partial charge in [-0.05, 0) is 50.1 Å². The monoisotopic (exact) mass is 214 g/mol. The third kappa shape index (κ3) is 2.25. The molecule has 2 rings (SSSR count). The predicted octanol–water partition coefficient (Wildman–Crippen LogP) is 2.85. The summed E-state index contributed by atoms with van der Waals surface area (Å²) < 4.78 is 0. The molecule has 84 valence electrons. The summed E-state index contributed by atoms with van der Waals surface area (Å²) in [5, 5.41) is 8.81. The molecule has 0 aromatic heterocycles. The van der Waals surface area contributed by atoms with Gasteiger partial charge in [0.25, 0.3) is 0 Å². The van der Waals surface area contributed by atoms with E-state index in [0.29, 0.717) is 0 Å². The Labute approximate surface area is 97.5 Å². The Hall–Kier alpha value is -1.33. The van der Waals surface area contributed by atoms with Crippen molar-refractivity contribution in [3.8, 4) is 6.07 Å². The summed E-state index contributed by atoms with van der Waals surface area (Å²) in [6.45, 7) is 3.09. The summed E-state index contributed by atoms with van der Waals surface area (Å²) in [5.74, 6) is 0. The lowest BCUT2D eigenvalue weighted by molar-refractivity contribution is 0.152. The molecule has 0 atom stereocenters. The van der Waals surface area contributed by atoms with Crippen molar-refractivity contribution in [3.05, 3.63) is 34.9 Å². The van der Waals surface area contributed by atoms with Gasteiger partial charge in [0.15, 0.2) is 0 Å². The maximum absolute atomic E-state index is 8.81. The van der Waals surface area contributed by atoms with Crippen LogP contribution in [-0.2, 0) is 6.54 Å². The first-order valence-electron chi connectivity index (χ1n) is 5.90. The van der Waals surface area contributed by atoms with Gasteiger partial charge in [0.2, 0.25) is 0 Å². The molecule has 0 unspecified atom stereocenters. The Morgan fingerprint density at radius 1 is 1.44 bits per heavy atom. The van der Waals surface area contributed by atoms with Gasteiger partial charge in [-0.25, -0.2) is 0 Å². The third-order valence-electron chi connectivity index (χ3n) is 3.59. The average Bonchev–Trinajstić information content (AvgIpc) is 2.18. The normalized spacial score (nSPS) is 15.9. The number of nitrogens with zero attached hydrogens (tertiary/aromatic N) is 2. The maximum Gasteiger partial charge on any atom is 0.0991 e. The summed E-state index contributed by atoms with van der Waals surface area (Å²) in [4.78, 5) is 2.43. The van der Waals surface area contributed by atoms with Crippen molar-refractivity contribution in [1.29, 1.82) is 5.26 Å². The highest BCUT2D eigenvalue weighted by molar-refractivity contribution is 5.37. The predicted molar refractivity (Wildman–Crippen MR) is 65.0 cm³/mol. The van der Waals surface area contributed by atoms with E-state index in [9.17, 15) is 0 Å². The highest BCUT2D eigenvalue weighted by Crippen LogP contribution is 2.25. The fraction of sp³-hybridized carbons (Fsp3) is 0.500. The first kappa shape index (κ1) is 11.2. The van der Waals surface area contributed by atoms with Crippen LogP contribution in [0.25, 0.3) is 0 Å². The zero-order valence-electron chi connectivity index (χ0n) is 10.0. The number of hydrogen-bond acceptors (Lipinski definition) is 2. The highest BCUT2D eigenvalue weighted by atomic mass is 15.1. The topological polar surface area (TPSA) is 27.0 Å². The van der Waals surface area contributed by atoms with E-state index in [1.807, 2.05) is 12.1 Å². The fourth-order valence-corrected chi connectivity index (χ4v) is 2.17. The molecule has 0 N–H and O–H groups in total. The second kappa shape index (κ2) is 4.67. The molecule has 0 radical (unpaired) electrons. The van der Waals surface area contributed by atoms with E-state index in [1.54, 1.807) is 0 Å². The summed E-state index contributed by atoms with van der Waals surface area (Å²) >= 11 is 0. The lowest BCUT2D eigenvalue weighted by Crippen LogP contribution is -2.36. The zero-order valence-corrected chi connectivity index (χ0v) is 10.0. The molecule has 1 aromatic rings. The lowest BCUT2D eigenvalue weighted by atomic mass is 9.91. The molecule has 2 heteroatoms. The van der Waals surface area contributed by atoms with Crippen LogP contribution < -0.4 is 0 Å². The molecular weight excluding hydrogens is 196 g/mol. The zero-order chi connectivity index (χ0) is 11.5. The molecule has 1 fully saturated rings. The highest BCUT2D eigenvalue weighted by Gasteiger charge is 2.21. The fourth-order valence-electron chi connectivity index (χ4n) is 2.17. The van der Waals surface area contributed by atoms with E-state index in [1.165, 1.54) is 30.4 Å². The van der Waals surface area contributed by atoms with Crippen LogP contribution in [0, 0.1) is 18.3 Å². The van der Waals surface area contributed by atoms with E-state index in [0.717, 1.165) is 18.2 Å². The van der Waals surface area contributed by atoms with Crippen LogP contribution in [0.2, 0.25) is 0 Å². The van der Waals surface area contributed by atoms with Gasteiger partial charge in [0, 0.05) is 12.6 Å². The van der Waals surface area contributed by atoms with Crippen LogP contribution in [-0.4, -0.2) is 18.0 Å². The summed E-state index contributed by atoms with van der Waals surface area (Å²) in [6.07, 6.45) is 4.05. The van der Waals surface area contributed by atoms with Gasteiger partial charge < -0.3 is 0 Å². The largest absolute Gasteiger partial charge is 0.299 e. The van der Waals surface area contributed by atoms with E-state index < -0.39 is 0 Å².